The first-order valence-electron chi connectivity index (χ1n) is 9.84. The Bertz CT molecular complexity index is 761. The molecule has 0 saturated heterocycles. The number of rotatable bonds is 10. The van der Waals surface area contributed by atoms with E-state index in [1.54, 1.807) is 17.8 Å². The molecule has 2 rings (SSSR count). The fraction of sp³-hybridized carbons (Fsp3) is 0.524. The molecule has 1 unspecified atom stereocenters. The predicted molar refractivity (Wildman–Crippen MR) is 127 cm³/mol. The quantitative estimate of drug-likeness (QED) is 0.196. The molecule has 0 saturated carbocycles. The SMILES string of the molecule is CCCOCc1ccccc1CN=C(NCC)NCC(C)(O)c1cnn(C)c1.I. The summed E-state index contributed by atoms with van der Waals surface area (Å²) in [6.45, 7) is 8.84. The minimum atomic E-state index is -1.05. The molecule has 1 aromatic heterocycles. The first-order valence-corrected chi connectivity index (χ1v) is 9.84. The van der Waals surface area contributed by atoms with E-state index in [2.05, 4.69) is 39.8 Å². The molecule has 8 heteroatoms. The normalized spacial score (nSPS) is 13.5. The highest BCUT2D eigenvalue weighted by Gasteiger charge is 2.25. The molecule has 0 radical (unpaired) electrons. The van der Waals surface area contributed by atoms with E-state index in [4.69, 9.17) is 4.74 Å². The van der Waals surface area contributed by atoms with Crippen molar-refractivity contribution in [3.63, 3.8) is 0 Å². The lowest BCUT2D eigenvalue weighted by Crippen LogP contribution is -2.44. The van der Waals surface area contributed by atoms with E-state index in [1.165, 1.54) is 0 Å². The summed E-state index contributed by atoms with van der Waals surface area (Å²) in [4.78, 5) is 4.68. The van der Waals surface area contributed by atoms with E-state index in [9.17, 15) is 5.11 Å². The van der Waals surface area contributed by atoms with Crippen LogP contribution in [0.25, 0.3) is 0 Å². The second kappa shape index (κ2) is 12.8. The van der Waals surface area contributed by atoms with Crippen LogP contribution >= 0.6 is 24.0 Å². The van der Waals surface area contributed by atoms with E-state index in [0.717, 1.165) is 36.3 Å². The van der Waals surface area contributed by atoms with Gasteiger partial charge in [0.25, 0.3) is 0 Å². The summed E-state index contributed by atoms with van der Waals surface area (Å²) in [5.74, 6) is 0.663. The van der Waals surface area contributed by atoms with Gasteiger partial charge in [-0.3, -0.25) is 4.68 Å². The number of nitrogens with zero attached hydrogens (tertiary/aromatic N) is 3. The molecule has 1 heterocycles. The monoisotopic (exact) mass is 515 g/mol. The lowest BCUT2D eigenvalue weighted by atomic mass is 10.00. The second-order valence-electron chi connectivity index (χ2n) is 7.05. The number of benzene rings is 1. The lowest BCUT2D eigenvalue weighted by molar-refractivity contribution is 0.0616. The van der Waals surface area contributed by atoms with Crippen LogP contribution in [-0.4, -0.2) is 40.5 Å². The Hall–Kier alpha value is -1.65. The van der Waals surface area contributed by atoms with Crippen molar-refractivity contribution in [3.05, 3.63) is 53.3 Å². The molecule has 0 aliphatic heterocycles. The molecule has 7 nitrogen and oxygen atoms in total. The molecule has 0 amide bonds. The van der Waals surface area contributed by atoms with Gasteiger partial charge in [-0.25, -0.2) is 4.99 Å². The number of halogens is 1. The van der Waals surface area contributed by atoms with Crippen molar-refractivity contribution in [2.45, 2.75) is 45.9 Å². The van der Waals surface area contributed by atoms with Gasteiger partial charge >= 0.3 is 0 Å². The summed E-state index contributed by atoms with van der Waals surface area (Å²) >= 11 is 0. The molecule has 0 fully saturated rings. The number of hydrogen-bond acceptors (Lipinski definition) is 4. The summed E-state index contributed by atoms with van der Waals surface area (Å²) in [6.07, 6.45) is 4.50. The molecule has 0 bridgehead atoms. The van der Waals surface area contributed by atoms with E-state index >= 15 is 0 Å². The van der Waals surface area contributed by atoms with Crippen LogP contribution in [0.15, 0.2) is 41.7 Å². The summed E-state index contributed by atoms with van der Waals surface area (Å²) in [5, 5.41) is 21.3. The van der Waals surface area contributed by atoms with Gasteiger partial charge in [0, 0.05) is 32.0 Å². The fourth-order valence-corrected chi connectivity index (χ4v) is 2.74. The van der Waals surface area contributed by atoms with Crippen molar-refractivity contribution >= 4 is 29.9 Å². The van der Waals surface area contributed by atoms with Crippen molar-refractivity contribution in [2.75, 3.05) is 19.7 Å². The van der Waals surface area contributed by atoms with Crippen molar-refractivity contribution in [1.82, 2.24) is 20.4 Å². The van der Waals surface area contributed by atoms with Gasteiger partial charge in [0.15, 0.2) is 5.96 Å². The topological polar surface area (TPSA) is 83.7 Å². The van der Waals surface area contributed by atoms with Gasteiger partial charge in [-0.05, 0) is 31.4 Å². The smallest absolute Gasteiger partial charge is 0.191 e. The highest BCUT2D eigenvalue weighted by atomic mass is 127. The van der Waals surface area contributed by atoms with Crippen LogP contribution in [-0.2, 0) is 30.5 Å². The standard InChI is InChI=1S/C21H33N5O2.HI/c1-5-11-28-15-18-10-8-7-9-17(18)12-23-20(22-6-2)24-16-21(3,27)19-13-25-26(4)14-19;/h7-10,13-14,27H,5-6,11-12,15-16H2,1-4H3,(H2,22,23,24);1H. The van der Waals surface area contributed by atoms with Crippen LogP contribution in [0.2, 0.25) is 0 Å². The summed E-state index contributed by atoms with van der Waals surface area (Å²) in [7, 11) is 1.83. The van der Waals surface area contributed by atoms with Crippen LogP contribution in [0.1, 0.15) is 43.9 Å². The number of aliphatic hydroxyl groups is 1. The van der Waals surface area contributed by atoms with Crippen LogP contribution in [0.4, 0.5) is 0 Å². The van der Waals surface area contributed by atoms with E-state index < -0.39 is 5.60 Å². The maximum atomic E-state index is 10.8. The molecule has 29 heavy (non-hydrogen) atoms. The minimum Gasteiger partial charge on any atom is -0.383 e. The first-order chi connectivity index (χ1) is 13.5. The molecule has 2 aromatic rings. The average Bonchev–Trinajstić information content (AvgIpc) is 3.12. The molecular weight excluding hydrogens is 481 g/mol. The van der Waals surface area contributed by atoms with Gasteiger partial charge < -0.3 is 20.5 Å². The Labute approximate surface area is 191 Å². The zero-order valence-electron chi connectivity index (χ0n) is 17.8. The highest BCUT2D eigenvalue weighted by molar-refractivity contribution is 14.0. The molecular formula is C21H34IN5O2. The molecule has 1 aromatic carbocycles. The number of nitrogens with one attached hydrogen (secondary N) is 2. The molecule has 0 aliphatic carbocycles. The number of aryl methyl sites for hydroxylation is 1. The zero-order chi connectivity index (χ0) is 20.4. The predicted octanol–water partition coefficient (Wildman–Crippen LogP) is 2.93. The lowest BCUT2D eigenvalue weighted by Gasteiger charge is -2.23. The van der Waals surface area contributed by atoms with Gasteiger partial charge in [-0.15, -0.1) is 24.0 Å². The fourth-order valence-electron chi connectivity index (χ4n) is 2.74. The molecule has 0 aliphatic rings. The van der Waals surface area contributed by atoms with Crippen molar-refractivity contribution in [1.29, 1.82) is 0 Å². The highest BCUT2D eigenvalue weighted by Crippen LogP contribution is 2.18. The third-order valence-corrected chi connectivity index (χ3v) is 4.40. The van der Waals surface area contributed by atoms with Crippen LogP contribution in [0, 0.1) is 0 Å². The van der Waals surface area contributed by atoms with Crippen molar-refractivity contribution in [3.8, 4) is 0 Å². The maximum absolute atomic E-state index is 10.8. The van der Waals surface area contributed by atoms with Gasteiger partial charge in [-0.1, -0.05) is 31.2 Å². The summed E-state index contributed by atoms with van der Waals surface area (Å²) in [6, 6.07) is 8.19. The number of guanidine groups is 1. The zero-order valence-corrected chi connectivity index (χ0v) is 20.1. The first kappa shape index (κ1) is 25.4. The molecule has 1 atom stereocenters. The maximum Gasteiger partial charge on any atom is 0.191 e. The van der Waals surface area contributed by atoms with Gasteiger partial charge in [-0.2, -0.15) is 5.10 Å². The van der Waals surface area contributed by atoms with E-state index in [1.807, 2.05) is 32.3 Å². The third kappa shape index (κ3) is 8.31. The van der Waals surface area contributed by atoms with E-state index in [-0.39, 0.29) is 24.0 Å². The summed E-state index contributed by atoms with van der Waals surface area (Å²) < 4.78 is 7.37. The summed E-state index contributed by atoms with van der Waals surface area (Å²) in [5.41, 5.74) is 2.00. The number of aromatic nitrogens is 2. The van der Waals surface area contributed by atoms with Gasteiger partial charge in [0.2, 0.25) is 0 Å². The van der Waals surface area contributed by atoms with E-state index in [0.29, 0.717) is 25.7 Å². The van der Waals surface area contributed by atoms with Crippen LogP contribution < -0.4 is 10.6 Å². The third-order valence-electron chi connectivity index (χ3n) is 4.40. The molecule has 162 valence electrons. The van der Waals surface area contributed by atoms with Crippen LogP contribution in [0.3, 0.4) is 0 Å². The van der Waals surface area contributed by atoms with Gasteiger partial charge in [0.1, 0.15) is 5.60 Å². The van der Waals surface area contributed by atoms with Gasteiger partial charge in [0.05, 0.1) is 25.9 Å². The minimum absolute atomic E-state index is 0. The largest absolute Gasteiger partial charge is 0.383 e. The number of aliphatic imine (C=N–C) groups is 1. The molecule has 0 spiro atoms. The Kier molecular flexibility index (Phi) is 11.2. The molecule has 3 N–H and O–H groups in total. The Morgan fingerprint density at radius 3 is 2.59 bits per heavy atom. The Morgan fingerprint density at radius 1 is 1.24 bits per heavy atom. The Morgan fingerprint density at radius 2 is 1.97 bits per heavy atom. The van der Waals surface area contributed by atoms with Crippen LogP contribution in [0.5, 0.6) is 0 Å². The number of hydrogen-bond donors (Lipinski definition) is 3. The average molecular weight is 515 g/mol. The van der Waals surface area contributed by atoms with Crippen molar-refractivity contribution in [2.24, 2.45) is 12.0 Å². The second-order valence-corrected chi connectivity index (χ2v) is 7.05. The number of ether oxygens (including phenoxy) is 1. The van der Waals surface area contributed by atoms with Crippen molar-refractivity contribution < 1.29 is 9.84 Å². The Balaban J connectivity index is 0.00000420.